The lowest BCUT2D eigenvalue weighted by Crippen LogP contribution is -2.28. The third kappa shape index (κ3) is 1.75. The Labute approximate surface area is 87.3 Å². The van der Waals surface area contributed by atoms with Crippen LogP contribution in [0.15, 0.2) is 16.8 Å². The minimum atomic E-state index is -0.206. The number of carbonyl (C=O) groups excluding carboxylic acids is 1. The van der Waals surface area contributed by atoms with Gasteiger partial charge in [-0.05, 0) is 28.8 Å². The molecule has 2 heterocycles. The number of amides is 1. The van der Waals surface area contributed by atoms with Crippen molar-refractivity contribution in [3.63, 3.8) is 0 Å². The number of hydrogen-bond acceptors (Lipinski definition) is 3. The van der Waals surface area contributed by atoms with Crippen LogP contribution in [-0.4, -0.2) is 31.2 Å². The first-order valence-corrected chi connectivity index (χ1v) is 5.60. The molecule has 0 bridgehead atoms. The van der Waals surface area contributed by atoms with Crippen LogP contribution in [0, 0.1) is 0 Å². The molecule has 4 heteroatoms. The highest BCUT2D eigenvalue weighted by Gasteiger charge is 2.27. The number of methoxy groups -OCH3 is 1. The lowest BCUT2D eigenvalue weighted by atomic mass is 10.0. The van der Waals surface area contributed by atoms with E-state index in [-0.39, 0.29) is 6.09 Å². The summed E-state index contributed by atoms with van der Waals surface area (Å²) in [6.45, 7) is 1.61. The summed E-state index contributed by atoms with van der Waals surface area (Å²) < 4.78 is 4.69. The molecule has 0 aromatic carbocycles. The average molecular weight is 211 g/mol. The topological polar surface area (TPSA) is 29.5 Å². The van der Waals surface area contributed by atoms with E-state index in [1.54, 1.807) is 16.2 Å². The van der Waals surface area contributed by atoms with E-state index in [0.717, 1.165) is 19.5 Å². The summed E-state index contributed by atoms with van der Waals surface area (Å²) in [5, 5.41) is 4.24. The Kier molecular flexibility index (Phi) is 2.72. The monoisotopic (exact) mass is 211 g/mol. The third-order valence-electron chi connectivity index (χ3n) is 2.64. The van der Waals surface area contributed by atoms with Gasteiger partial charge < -0.3 is 9.64 Å². The Bertz CT molecular complexity index is 310. The summed E-state index contributed by atoms with van der Waals surface area (Å²) in [4.78, 5) is 13.0. The van der Waals surface area contributed by atoms with Gasteiger partial charge in [-0.1, -0.05) is 0 Å². The standard InChI is InChI=1S/C10H13NO2S/c1-13-10(12)11-4-2-8(6-11)9-3-5-14-7-9/h3,5,7-8H,2,4,6H2,1H3. The minimum Gasteiger partial charge on any atom is -0.453 e. The minimum absolute atomic E-state index is 0.206. The maximum Gasteiger partial charge on any atom is 0.409 e. The fourth-order valence-corrected chi connectivity index (χ4v) is 2.58. The molecule has 1 aliphatic rings. The third-order valence-corrected chi connectivity index (χ3v) is 3.34. The van der Waals surface area contributed by atoms with Gasteiger partial charge in [0, 0.05) is 19.0 Å². The highest BCUT2D eigenvalue weighted by Crippen LogP contribution is 2.28. The van der Waals surface area contributed by atoms with Crippen LogP contribution < -0.4 is 0 Å². The molecule has 76 valence electrons. The first-order chi connectivity index (χ1) is 6.81. The first kappa shape index (κ1) is 9.52. The van der Waals surface area contributed by atoms with Gasteiger partial charge in [-0.2, -0.15) is 11.3 Å². The van der Waals surface area contributed by atoms with Crippen LogP contribution >= 0.6 is 11.3 Å². The quantitative estimate of drug-likeness (QED) is 0.713. The molecule has 0 aliphatic carbocycles. The van der Waals surface area contributed by atoms with Gasteiger partial charge in [0.15, 0.2) is 0 Å². The highest BCUT2D eigenvalue weighted by molar-refractivity contribution is 7.07. The van der Waals surface area contributed by atoms with Crippen molar-refractivity contribution in [1.29, 1.82) is 0 Å². The molecular formula is C10H13NO2S. The van der Waals surface area contributed by atoms with Crippen LogP contribution in [0.4, 0.5) is 4.79 Å². The number of rotatable bonds is 1. The number of nitrogens with zero attached hydrogens (tertiary/aromatic N) is 1. The highest BCUT2D eigenvalue weighted by atomic mass is 32.1. The zero-order valence-electron chi connectivity index (χ0n) is 8.10. The van der Waals surface area contributed by atoms with Gasteiger partial charge in [0.2, 0.25) is 0 Å². The van der Waals surface area contributed by atoms with Crippen LogP contribution in [0.5, 0.6) is 0 Å². The van der Waals surface area contributed by atoms with Gasteiger partial charge in [-0.15, -0.1) is 0 Å². The molecule has 0 radical (unpaired) electrons. The molecule has 1 unspecified atom stereocenters. The Hall–Kier alpha value is -1.03. The molecular weight excluding hydrogens is 198 g/mol. The summed E-state index contributed by atoms with van der Waals surface area (Å²) in [6.07, 6.45) is 0.842. The molecule has 2 rings (SSSR count). The summed E-state index contributed by atoms with van der Waals surface area (Å²) in [5.41, 5.74) is 1.35. The molecule has 3 nitrogen and oxygen atoms in total. The lowest BCUT2D eigenvalue weighted by Gasteiger charge is -2.13. The normalized spacial score (nSPS) is 21.2. The number of likely N-dealkylation sites (tertiary alicyclic amines) is 1. The molecule has 14 heavy (non-hydrogen) atoms. The Morgan fingerprint density at radius 1 is 1.71 bits per heavy atom. The van der Waals surface area contributed by atoms with Gasteiger partial charge in [0.25, 0.3) is 0 Å². The van der Waals surface area contributed by atoms with Gasteiger partial charge >= 0.3 is 6.09 Å². The molecule has 0 spiro atoms. The molecule has 1 aromatic heterocycles. The van der Waals surface area contributed by atoms with Crippen molar-refractivity contribution in [3.05, 3.63) is 22.4 Å². The molecule has 1 saturated heterocycles. The van der Waals surface area contributed by atoms with Crippen molar-refractivity contribution in [2.24, 2.45) is 0 Å². The van der Waals surface area contributed by atoms with E-state index >= 15 is 0 Å². The number of ether oxygens (including phenoxy) is 1. The Morgan fingerprint density at radius 3 is 3.21 bits per heavy atom. The molecule has 1 aromatic rings. The second-order valence-corrected chi connectivity index (χ2v) is 4.24. The maximum atomic E-state index is 11.2. The van der Waals surface area contributed by atoms with Crippen LogP contribution in [0.2, 0.25) is 0 Å². The lowest BCUT2D eigenvalue weighted by molar-refractivity contribution is 0.132. The van der Waals surface area contributed by atoms with Crippen LogP contribution in [0.3, 0.4) is 0 Å². The van der Waals surface area contributed by atoms with Crippen LogP contribution in [0.25, 0.3) is 0 Å². The second kappa shape index (κ2) is 4.00. The van der Waals surface area contributed by atoms with Crippen molar-refractivity contribution in [2.75, 3.05) is 20.2 Å². The molecule has 1 aliphatic heterocycles. The van der Waals surface area contributed by atoms with E-state index in [1.165, 1.54) is 12.7 Å². The van der Waals surface area contributed by atoms with Crippen molar-refractivity contribution < 1.29 is 9.53 Å². The molecule has 0 N–H and O–H groups in total. The summed E-state index contributed by atoms with van der Waals surface area (Å²) in [5.74, 6) is 0.500. The van der Waals surface area contributed by atoms with Crippen molar-refractivity contribution in [1.82, 2.24) is 4.90 Å². The largest absolute Gasteiger partial charge is 0.453 e. The van der Waals surface area contributed by atoms with Crippen LogP contribution in [-0.2, 0) is 4.74 Å². The molecule has 1 fully saturated rings. The SMILES string of the molecule is COC(=O)N1CCC(c2ccsc2)C1. The van der Waals surface area contributed by atoms with E-state index in [4.69, 9.17) is 0 Å². The second-order valence-electron chi connectivity index (χ2n) is 3.46. The molecule has 1 amide bonds. The summed E-state index contributed by atoms with van der Waals surface area (Å²) in [7, 11) is 1.43. The number of carbonyl (C=O) groups is 1. The van der Waals surface area contributed by atoms with Crippen molar-refractivity contribution in [3.8, 4) is 0 Å². The zero-order valence-corrected chi connectivity index (χ0v) is 8.92. The van der Waals surface area contributed by atoms with E-state index in [0.29, 0.717) is 5.92 Å². The molecule has 0 saturated carbocycles. The van der Waals surface area contributed by atoms with Crippen LogP contribution in [0.1, 0.15) is 17.9 Å². The summed E-state index contributed by atoms with van der Waals surface area (Å²) in [6, 6.07) is 2.14. The van der Waals surface area contributed by atoms with E-state index in [2.05, 4.69) is 21.6 Å². The van der Waals surface area contributed by atoms with Gasteiger partial charge in [0.1, 0.15) is 0 Å². The average Bonchev–Trinajstić information content (AvgIpc) is 2.86. The Morgan fingerprint density at radius 2 is 2.57 bits per heavy atom. The van der Waals surface area contributed by atoms with E-state index in [9.17, 15) is 4.79 Å². The Balaban J connectivity index is 1.98. The fourth-order valence-electron chi connectivity index (χ4n) is 1.83. The maximum absolute atomic E-state index is 11.2. The molecule has 1 atom stereocenters. The van der Waals surface area contributed by atoms with Gasteiger partial charge in [-0.3, -0.25) is 0 Å². The predicted molar refractivity (Wildman–Crippen MR) is 55.7 cm³/mol. The van der Waals surface area contributed by atoms with E-state index < -0.39 is 0 Å². The fraction of sp³-hybridized carbons (Fsp3) is 0.500. The van der Waals surface area contributed by atoms with Crippen molar-refractivity contribution >= 4 is 17.4 Å². The predicted octanol–water partition coefficient (Wildman–Crippen LogP) is 2.30. The van der Waals surface area contributed by atoms with Crippen molar-refractivity contribution in [2.45, 2.75) is 12.3 Å². The zero-order chi connectivity index (χ0) is 9.97. The number of thiophene rings is 1. The smallest absolute Gasteiger partial charge is 0.409 e. The number of hydrogen-bond donors (Lipinski definition) is 0. The van der Waals surface area contributed by atoms with Gasteiger partial charge in [-0.25, -0.2) is 4.79 Å². The van der Waals surface area contributed by atoms with E-state index in [1.807, 2.05) is 0 Å². The summed E-state index contributed by atoms with van der Waals surface area (Å²) >= 11 is 1.71. The van der Waals surface area contributed by atoms with Gasteiger partial charge in [0.05, 0.1) is 7.11 Å². The first-order valence-electron chi connectivity index (χ1n) is 4.66.